The van der Waals surface area contributed by atoms with Crippen molar-refractivity contribution < 1.29 is 19.5 Å². The SMILES string of the molecule is O=C(O)Cc1ccc(N2C(=O)C3C4CCC(C4)C3C2=O)cc1. The summed E-state index contributed by atoms with van der Waals surface area (Å²) in [6.07, 6.45) is 3.10. The van der Waals surface area contributed by atoms with Crippen LogP contribution in [-0.2, 0) is 20.8 Å². The van der Waals surface area contributed by atoms with Crippen LogP contribution in [-0.4, -0.2) is 22.9 Å². The Balaban J connectivity index is 1.62. The Kier molecular flexibility index (Phi) is 2.86. The van der Waals surface area contributed by atoms with Crippen molar-refractivity contribution >= 4 is 23.5 Å². The molecule has 1 aromatic carbocycles. The summed E-state index contributed by atoms with van der Waals surface area (Å²) in [5.74, 6) is -0.506. The van der Waals surface area contributed by atoms with E-state index < -0.39 is 5.97 Å². The third-order valence-electron chi connectivity index (χ3n) is 5.48. The summed E-state index contributed by atoms with van der Waals surface area (Å²) in [7, 11) is 0. The average molecular weight is 299 g/mol. The highest BCUT2D eigenvalue weighted by molar-refractivity contribution is 6.22. The number of anilines is 1. The molecular weight excluding hydrogens is 282 g/mol. The van der Waals surface area contributed by atoms with Crippen LogP contribution in [0.4, 0.5) is 5.69 Å². The Morgan fingerprint density at radius 1 is 1.05 bits per heavy atom. The number of aliphatic carboxylic acids is 1. The maximum Gasteiger partial charge on any atom is 0.307 e. The van der Waals surface area contributed by atoms with Crippen LogP contribution in [0.3, 0.4) is 0 Å². The van der Waals surface area contributed by atoms with Crippen molar-refractivity contribution in [2.75, 3.05) is 4.90 Å². The number of benzene rings is 1. The minimum atomic E-state index is -0.896. The number of hydrogen-bond donors (Lipinski definition) is 1. The monoisotopic (exact) mass is 299 g/mol. The first-order chi connectivity index (χ1) is 10.6. The maximum atomic E-state index is 12.7. The van der Waals surface area contributed by atoms with Gasteiger partial charge in [-0.3, -0.25) is 19.3 Å². The largest absolute Gasteiger partial charge is 0.481 e. The van der Waals surface area contributed by atoms with Gasteiger partial charge in [0.2, 0.25) is 11.8 Å². The normalized spacial score (nSPS) is 32.6. The average Bonchev–Trinajstić information content (AvgIpc) is 3.14. The molecule has 22 heavy (non-hydrogen) atoms. The van der Waals surface area contributed by atoms with Crippen LogP contribution in [0, 0.1) is 23.7 Å². The van der Waals surface area contributed by atoms with Crippen molar-refractivity contribution in [1.82, 2.24) is 0 Å². The molecule has 0 spiro atoms. The third kappa shape index (κ3) is 1.81. The Morgan fingerprint density at radius 3 is 2.09 bits per heavy atom. The molecule has 3 fully saturated rings. The third-order valence-corrected chi connectivity index (χ3v) is 5.48. The topological polar surface area (TPSA) is 74.7 Å². The van der Waals surface area contributed by atoms with E-state index in [-0.39, 0.29) is 30.1 Å². The van der Waals surface area contributed by atoms with Gasteiger partial charge in [-0.15, -0.1) is 0 Å². The Labute approximate surface area is 127 Å². The lowest BCUT2D eigenvalue weighted by molar-refractivity contribution is -0.136. The fourth-order valence-corrected chi connectivity index (χ4v) is 4.60. The number of nitrogens with zero attached hydrogens (tertiary/aromatic N) is 1. The number of carbonyl (C=O) groups is 3. The molecule has 1 heterocycles. The summed E-state index contributed by atoms with van der Waals surface area (Å²) >= 11 is 0. The molecule has 4 rings (SSSR count). The van der Waals surface area contributed by atoms with E-state index in [2.05, 4.69) is 0 Å². The zero-order valence-electron chi connectivity index (χ0n) is 12.1. The Hall–Kier alpha value is -2.17. The lowest BCUT2D eigenvalue weighted by Crippen LogP contribution is -2.32. The molecule has 2 aliphatic carbocycles. The maximum absolute atomic E-state index is 12.7. The van der Waals surface area contributed by atoms with Gasteiger partial charge in [-0.2, -0.15) is 0 Å². The first-order valence-corrected chi connectivity index (χ1v) is 7.75. The molecule has 3 aliphatic rings. The van der Waals surface area contributed by atoms with E-state index in [0.717, 1.165) is 19.3 Å². The van der Waals surface area contributed by atoms with Crippen LogP contribution >= 0.6 is 0 Å². The van der Waals surface area contributed by atoms with Crippen molar-refractivity contribution in [3.63, 3.8) is 0 Å². The highest BCUT2D eigenvalue weighted by atomic mass is 16.4. The summed E-state index contributed by atoms with van der Waals surface area (Å²) in [5.41, 5.74) is 1.23. The molecule has 1 aromatic rings. The zero-order valence-corrected chi connectivity index (χ0v) is 12.1. The summed E-state index contributed by atoms with van der Waals surface area (Å²) in [6, 6.07) is 6.70. The van der Waals surface area contributed by atoms with Gasteiger partial charge in [0.1, 0.15) is 0 Å². The highest BCUT2D eigenvalue weighted by Gasteiger charge is 2.61. The number of carboxylic acid groups (broad SMARTS) is 1. The molecule has 4 unspecified atom stereocenters. The fourth-order valence-electron chi connectivity index (χ4n) is 4.60. The smallest absolute Gasteiger partial charge is 0.307 e. The van der Waals surface area contributed by atoms with E-state index in [0.29, 0.717) is 23.1 Å². The fraction of sp³-hybridized carbons (Fsp3) is 0.471. The lowest BCUT2D eigenvalue weighted by Gasteiger charge is -2.19. The molecule has 114 valence electrons. The minimum Gasteiger partial charge on any atom is -0.481 e. The number of carbonyl (C=O) groups excluding carboxylic acids is 2. The number of fused-ring (bicyclic) bond motifs is 5. The second-order valence-corrected chi connectivity index (χ2v) is 6.63. The number of carboxylic acids is 1. The number of imide groups is 1. The molecule has 2 saturated carbocycles. The molecule has 2 bridgehead atoms. The molecule has 2 amide bonds. The van der Waals surface area contributed by atoms with Crippen LogP contribution < -0.4 is 4.90 Å². The number of rotatable bonds is 3. The van der Waals surface area contributed by atoms with Gasteiger partial charge in [-0.25, -0.2) is 0 Å². The molecular formula is C17H17NO4. The zero-order chi connectivity index (χ0) is 15.4. The second-order valence-electron chi connectivity index (χ2n) is 6.63. The first-order valence-electron chi connectivity index (χ1n) is 7.75. The first kappa shape index (κ1) is 13.5. The standard InChI is InChI=1S/C17H17NO4/c19-13(20)7-9-1-5-12(6-2-9)18-16(21)14-10-3-4-11(8-10)15(14)17(18)22/h1-2,5-6,10-11,14-15H,3-4,7-8H2,(H,19,20). The summed E-state index contributed by atoms with van der Waals surface area (Å²) in [5, 5.41) is 8.79. The van der Waals surface area contributed by atoms with Gasteiger partial charge in [0.15, 0.2) is 0 Å². The van der Waals surface area contributed by atoms with E-state index in [9.17, 15) is 14.4 Å². The minimum absolute atomic E-state index is 0.0580. The molecule has 4 atom stereocenters. The van der Waals surface area contributed by atoms with Gasteiger partial charge in [0.25, 0.3) is 0 Å². The predicted octanol–water partition coefficient (Wildman–Crippen LogP) is 1.85. The van der Waals surface area contributed by atoms with Gasteiger partial charge >= 0.3 is 5.97 Å². The van der Waals surface area contributed by atoms with Crippen molar-refractivity contribution in [2.45, 2.75) is 25.7 Å². The molecule has 1 N–H and O–H groups in total. The summed E-state index contributed by atoms with van der Waals surface area (Å²) in [6.45, 7) is 0. The molecule has 0 radical (unpaired) electrons. The van der Waals surface area contributed by atoms with Crippen LogP contribution in [0.1, 0.15) is 24.8 Å². The molecule has 5 nitrogen and oxygen atoms in total. The van der Waals surface area contributed by atoms with Crippen LogP contribution in [0.15, 0.2) is 24.3 Å². The number of hydrogen-bond acceptors (Lipinski definition) is 3. The Morgan fingerprint density at radius 2 is 1.59 bits per heavy atom. The van der Waals surface area contributed by atoms with Crippen molar-refractivity contribution in [3.05, 3.63) is 29.8 Å². The van der Waals surface area contributed by atoms with Gasteiger partial charge < -0.3 is 5.11 Å². The lowest BCUT2D eigenvalue weighted by atomic mass is 9.81. The molecule has 1 aliphatic heterocycles. The van der Waals surface area contributed by atoms with E-state index >= 15 is 0 Å². The van der Waals surface area contributed by atoms with E-state index in [1.807, 2.05) is 0 Å². The van der Waals surface area contributed by atoms with Crippen molar-refractivity contribution in [3.8, 4) is 0 Å². The van der Waals surface area contributed by atoms with Gasteiger partial charge in [0, 0.05) is 0 Å². The summed E-state index contributed by atoms with van der Waals surface area (Å²) in [4.78, 5) is 37.4. The molecule has 0 aromatic heterocycles. The van der Waals surface area contributed by atoms with Gasteiger partial charge in [0.05, 0.1) is 23.9 Å². The van der Waals surface area contributed by atoms with Crippen LogP contribution in [0.2, 0.25) is 0 Å². The van der Waals surface area contributed by atoms with Crippen LogP contribution in [0.5, 0.6) is 0 Å². The predicted molar refractivity (Wildman–Crippen MR) is 78.1 cm³/mol. The van der Waals surface area contributed by atoms with Gasteiger partial charge in [-0.05, 0) is 48.8 Å². The van der Waals surface area contributed by atoms with E-state index in [1.54, 1.807) is 24.3 Å². The molecule has 1 saturated heterocycles. The van der Waals surface area contributed by atoms with E-state index in [1.165, 1.54) is 4.90 Å². The van der Waals surface area contributed by atoms with Gasteiger partial charge in [-0.1, -0.05) is 12.1 Å². The van der Waals surface area contributed by atoms with Crippen molar-refractivity contribution in [2.24, 2.45) is 23.7 Å². The summed E-state index contributed by atoms with van der Waals surface area (Å²) < 4.78 is 0. The Bertz CT molecular complexity index is 638. The number of amides is 2. The highest BCUT2D eigenvalue weighted by Crippen LogP contribution is 2.56. The quantitative estimate of drug-likeness (QED) is 0.864. The van der Waals surface area contributed by atoms with Crippen molar-refractivity contribution in [1.29, 1.82) is 0 Å². The van der Waals surface area contributed by atoms with E-state index in [4.69, 9.17) is 5.11 Å². The molecule has 5 heteroatoms. The van der Waals surface area contributed by atoms with Crippen LogP contribution in [0.25, 0.3) is 0 Å². The second kappa shape index (κ2) is 4.66.